The maximum atomic E-state index is 12.7. The van der Waals surface area contributed by atoms with Crippen LogP contribution in [0.25, 0.3) is 6.08 Å². The molecular formula is C21H19BrN2O8. The Labute approximate surface area is 191 Å². The summed E-state index contributed by atoms with van der Waals surface area (Å²) in [6.07, 6.45) is 1.50. The van der Waals surface area contributed by atoms with Crippen molar-refractivity contribution in [2.45, 2.75) is 13.5 Å². The lowest BCUT2D eigenvalue weighted by Gasteiger charge is -2.09. The van der Waals surface area contributed by atoms with Crippen molar-refractivity contribution in [1.29, 1.82) is 0 Å². The van der Waals surface area contributed by atoms with Crippen LogP contribution >= 0.6 is 15.9 Å². The molecule has 3 rings (SSSR count). The Kier molecular flexibility index (Phi) is 7.31. The molecule has 1 N–H and O–H groups in total. The molecule has 0 unspecified atom stereocenters. The van der Waals surface area contributed by atoms with E-state index in [-0.39, 0.29) is 37.0 Å². The first-order valence-electron chi connectivity index (χ1n) is 9.42. The fourth-order valence-electron chi connectivity index (χ4n) is 2.77. The molecule has 0 aliphatic carbocycles. The lowest BCUT2D eigenvalue weighted by molar-refractivity contribution is -0.145. The topological polar surface area (TPSA) is 124 Å². The molecular weight excluding hydrogens is 488 g/mol. The number of amides is 3. The number of imide groups is 1. The quantitative estimate of drug-likeness (QED) is 0.329. The Balaban J connectivity index is 1.68. The van der Waals surface area contributed by atoms with Gasteiger partial charge in [0.15, 0.2) is 6.61 Å². The minimum absolute atomic E-state index is 0.0274. The van der Waals surface area contributed by atoms with Crippen molar-refractivity contribution in [2.75, 3.05) is 20.3 Å². The predicted molar refractivity (Wildman–Crippen MR) is 113 cm³/mol. The minimum Gasteiger partial charge on any atom is -0.481 e. The fourth-order valence-corrected chi connectivity index (χ4v) is 3.29. The zero-order chi connectivity index (χ0) is 23.3. The molecule has 32 heavy (non-hydrogen) atoms. The largest absolute Gasteiger partial charge is 0.481 e. The van der Waals surface area contributed by atoms with E-state index in [1.807, 2.05) is 0 Å². The van der Waals surface area contributed by atoms with Crippen molar-refractivity contribution < 1.29 is 37.8 Å². The summed E-state index contributed by atoms with van der Waals surface area (Å²) in [6, 6.07) is 7.22. The van der Waals surface area contributed by atoms with E-state index in [0.717, 1.165) is 4.90 Å². The molecule has 1 aliphatic rings. The first kappa shape index (κ1) is 23.1. The molecule has 0 spiro atoms. The zero-order valence-electron chi connectivity index (χ0n) is 17.2. The van der Waals surface area contributed by atoms with Crippen LogP contribution in [0.5, 0.6) is 5.75 Å². The summed E-state index contributed by atoms with van der Waals surface area (Å²) in [5, 5.41) is 2.51. The summed E-state index contributed by atoms with van der Waals surface area (Å²) in [5.74, 6) is -1.05. The molecule has 0 atom stereocenters. The molecule has 168 valence electrons. The van der Waals surface area contributed by atoms with E-state index in [1.54, 1.807) is 25.1 Å². The number of carbonyl (C=O) groups excluding carboxylic acids is 4. The Morgan fingerprint density at radius 2 is 2.00 bits per heavy atom. The number of nitrogens with one attached hydrogen (secondary N) is 1. The second-order valence-corrected chi connectivity index (χ2v) is 7.27. The van der Waals surface area contributed by atoms with Crippen LogP contribution in [0.3, 0.4) is 0 Å². The summed E-state index contributed by atoms with van der Waals surface area (Å²) in [6.45, 7) is 1.58. The zero-order valence-corrected chi connectivity index (χ0v) is 18.8. The molecule has 10 nitrogen and oxygen atoms in total. The monoisotopic (exact) mass is 506 g/mol. The van der Waals surface area contributed by atoms with Crippen molar-refractivity contribution in [1.82, 2.24) is 10.2 Å². The van der Waals surface area contributed by atoms with Crippen LogP contribution in [0.4, 0.5) is 4.79 Å². The van der Waals surface area contributed by atoms with E-state index in [2.05, 4.69) is 26.0 Å². The van der Waals surface area contributed by atoms with Crippen molar-refractivity contribution in [2.24, 2.45) is 0 Å². The van der Waals surface area contributed by atoms with Crippen molar-refractivity contribution >= 4 is 45.9 Å². The second kappa shape index (κ2) is 10.1. The highest BCUT2D eigenvalue weighted by atomic mass is 79.9. The molecule has 1 fully saturated rings. The Morgan fingerprint density at radius 1 is 1.22 bits per heavy atom. The highest BCUT2D eigenvalue weighted by Gasteiger charge is 2.34. The van der Waals surface area contributed by atoms with Gasteiger partial charge in [-0.3, -0.25) is 9.69 Å². The highest BCUT2D eigenvalue weighted by molar-refractivity contribution is 9.10. The van der Waals surface area contributed by atoms with Gasteiger partial charge >= 0.3 is 18.0 Å². The summed E-state index contributed by atoms with van der Waals surface area (Å²) < 4.78 is 20.6. The van der Waals surface area contributed by atoms with Gasteiger partial charge in [0, 0.05) is 0 Å². The smallest absolute Gasteiger partial charge is 0.373 e. The van der Waals surface area contributed by atoms with Gasteiger partial charge in [0.1, 0.15) is 17.2 Å². The normalized spacial score (nSPS) is 14.5. The summed E-state index contributed by atoms with van der Waals surface area (Å²) in [5.41, 5.74) is 0.679. The SMILES string of the molecule is CCOC(=O)COc1ccc(/C=C2\NC(=O)N(Cc3ccc(C(=O)OC)o3)C2=O)cc1Br. The lowest BCUT2D eigenvalue weighted by Crippen LogP contribution is -2.30. The van der Waals surface area contributed by atoms with E-state index < -0.39 is 23.9 Å². The van der Waals surface area contributed by atoms with Crippen LogP contribution in [0.1, 0.15) is 28.8 Å². The van der Waals surface area contributed by atoms with Crippen molar-refractivity contribution in [3.05, 3.63) is 57.6 Å². The van der Waals surface area contributed by atoms with Crippen molar-refractivity contribution in [3.63, 3.8) is 0 Å². The van der Waals surface area contributed by atoms with E-state index in [9.17, 15) is 19.2 Å². The first-order chi connectivity index (χ1) is 15.3. The van der Waals surface area contributed by atoms with Gasteiger partial charge in [0.2, 0.25) is 5.76 Å². The number of halogens is 1. The molecule has 1 aromatic carbocycles. The molecule has 1 aromatic heterocycles. The van der Waals surface area contributed by atoms with Gasteiger partial charge in [-0.1, -0.05) is 6.07 Å². The number of carbonyl (C=O) groups is 4. The fraction of sp³-hybridized carbons (Fsp3) is 0.238. The lowest BCUT2D eigenvalue weighted by atomic mass is 10.2. The van der Waals surface area contributed by atoms with Crippen molar-refractivity contribution in [3.8, 4) is 5.75 Å². The van der Waals surface area contributed by atoms with Gasteiger partial charge in [-0.05, 0) is 58.8 Å². The number of nitrogens with zero attached hydrogens (tertiary/aromatic N) is 1. The van der Waals surface area contributed by atoms with Gasteiger partial charge in [0.25, 0.3) is 5.91 Å². The first-order valence-corrected chi connectivity index (χ1v) is 10.2. The van der Waals surface area contributed by atoms with Crippen LogP contribution in [0, 0.1) is 0 Å². The molecule has 1 saturated heterocycles. The van der Waals surface area contributed by atoms with E-state index >= 15 is 0 Å². The van der Waals surface area contributed by atoms with E-state index in [1.165, 1.54) is 25.3 Å². The molecule has 0 radical (unpaired) electrons. The molecule has 2 heterocycles. The number of benzene rings is 1. The summed E-state index contributed by atoms with van der Waals surface area (Å²) >= 11 is 3.35. The average Bonchev–Trinajstić information content (AvgIpc) is 3.33. The number of methoxy groups -OCH3 is 1. The van der Waals surface area contributed by atoms with Gasteiger partial charge in [0.05, 0.1) is 24.7 Å². The van der Waals surface area contributed by atoms with E-state index in [0.29, 0.717) is 15.8 Å². The average molecular weight is 507 g/mol. The number of furan rings is 1. The number of hydrogen-bond donors (Lipinski definition) is 1. The molecule has 1 aliphatic heterocycles. The predicted octanol–water partition coefficient (Wildman–Crippen LogP) is 2.86. The maximum Gasteiger partial charge on any atom is 0.373 e. The van der Waals surface area contributed by atoms with Crippen LogP contribution in [-0.4, -0.2) is 49.1 Å². The molecule has 2 aromatic rings. The van der Waals surface area contributed by atoms with Gasteiger partial charge in [-0.25, -0.2) is 14.4 Å². The van der Waals surface area contributed by atoms with Crippen LogP contribution in [0.2, 0.25) is 0 Å². The number of esters is 2. The van der Waals surface area contributed by atoms with E-state index in [4.69, 9.17) is 13.9 Å². The van der Waals surface area contributed by atoms with Gasteiger partial charge in [-0.2, -0.15) is 0 Å². The Hall–Kier alpha value is -3.60. The van der Waals surface area contributed by atoms with Gasteiger partial charge in [-0.15, -0.1) is 0 Å². The minimum atomic E-state index is -0.658. The molecule has 0 bridgehead atoms. The standard InChI is InChI=1S/C21H19BrN2O8/c1-3-30-18(25)11-31-16-6-4-12(8-14(16)22)9-15-19(26)24(21(28)23-15)10-13-5-7-17(32-13)20(27)29-2/h4-9H,3,10-11H2,1-2H3,(H,23,28)/b15-9-. The molecule has 0 saturated carbocycles. The highest BCUT2D eigenvalue weighted by Crippen LogP contribution is 2.27. The number of hydrogen-bond acceptors (Lipinski definition) is 8. The number of rotatable bonds is 8. The Morgan fingerprint density at radius 3 is 2.69 bits per heavy atom. The Bertz CT molecular complexity index is 1090. The molecule has 11 heteroatoms. The third-order valence-corrected chi connectivity index (χ3v) is 4.86. The van der Waals surface area contributed by atoms with Gasteiger partial charge < -0.3 is 23.9 Å². The molecule has 3 amide bonds. The third-order valence-electron chi connectivity index (χ3n) is 4.24. The van der Waals surface area contributed by atoms with Crippen LogP contribution in [-0.2, 0) is 25.6 Å². The maximum absolute atomic E-state index is 12.7. The van der Waals surface area contributed by atoms with Crippen LogP contribution < -0.4 is 10.1 Å². The summed E-state index contributed by atoms with van der Waals surface area (Å²) in [7, 11) is 1.22. The third kappa shape index (κ3) is 5.35. The van der Waals surface area contributed by atoms with Crippen LogP contribution in [0.15, 0.2) is 44.9 Å². The second-order valence-electron chi connectivity index (χ2n) is 6.42. The number of urea groups is 1. The number of ether oxygens (including phenoxy) is 3. The summed E-state index contributed by atoms with van der Waals surface area (Å²) in [4.78, 5) is 48.8.